The highest BCUT2D eigenvalue weighted by Crippen LogP contribution is 2.08. The minimum absolute atomic E-state index is 0.148. The lowest BCUT2D eigenvalue weighted by Crippen LogP contribution is -2.38. The number of hydrogen-bond acceptors (Lipinski definition) is 5. The Morgan fingerprint density at radius 3 is 3.31 bits per heavy atom. The van der Waals surface area contributed by atoms with Gasteiger partial charge in [-0.2, -0.15) is 0 Å². The molecular formula is C8H12N4S. The van der Waals surface area contributed by atoms with Crippen LogP contribution in [0, 0.1) is 0 Å². The van der Waals surface area contributed by atoms with Gasteiger partial charge in [-0.3, -0.25) is 0 Å². The van der Waals surface area contributed by atoms with E-state index in [2.05, 4.69) is 21.0 Å². The van der Waals surface area contributed by atoms with Crippen LogP contribution in [0.1, 0.15) is 5.69 Å². The molecule has 13 heavy (non-hydrogen) atoms. The molecule has 2 heterocycles. The Balaban J connectivity index is 2.02. The Kier molecular flexibility index (Phi) is 2.68. The minimum atomic E-state index is 0.148. The van der Waals surface area contributed by atoms with Crippen molar-refractivity contribution in [3.8, 4) is 0 Å². The van der Waals surface area contributed by atoms with E-state index in [1.165, 1.54) is 17.1 Å². The molecule has 70 valence electrons. The Bertz CT molecular complexity index is 293. The molecule has 1 unspecified atom stereocenters. The minimum Gasteiger partial charge on any atom is -0.323 e. The fourth-order valence-corrected chi connectivity index (χ4v) is 1.89. The van der Waals surface area contributed by atoms with Gasteiger partial charge >= 0.3 is 0 Å². The van der Waals surface area contributed by atoms with Gasteiger partial charge in [0.05, 0.1) is 5.69 Å². The predicted octanol–water partition coefficient (Wildman–Crippen LogP) is -0.0625. The second kappa shape index (κ2) is 3.95. The quantitative estimate of drug-likeness (QED) is 0.650. The van der Waals surface area contributed by atoms with E-state index in [4.69, 9.17) is 5.73 Å². The monoisotopic (exact) mass is 196 g/mol. The summed E-state index contributed by atoms with van der Waals surface area (Å²) in [5.74, 6) is 0. The van der Waals surface area contributed by atoms with Gasteiger partial charge in [0, 0.05) is 30.9 Å². The largest absolute Gasteiger partial charge is 0.323 e. The standard InChI is InChI=1S/C8H12N4S/c9-7-1-6(3-10-4-7)2-8-5-13-12-11-8/h1,5,7,10H,2-4,9H2. The van der Waals surface area contributed by atoms with E-state index in [0.29, 0.717) is 0 Å². The molecule has 0 saturated heterocycles. The molecule has 1 aliphatic heterocycles. The summed E-state index contributed by atoms with van der Waals surface area (Å²) in [6.45, 7) is 1.80. The van der Waals surface area contributed by atoms with Gasteiger partial charge in [0.1, 0.15) is 0 Å². The Morgan fingerprint density at radius 1 is 1.69 bits per heavy atom. The molecule has 1 atom stereocenters. The highest BCUT2D eigenvalue weighted by molar-refractivity contribution is 7.03. The van der Waals surface area contributed by atoms with Crippen molar-refractivity contribution in [1.29, 1.82) is 0 Å². The summed E-state index contributed by atoms with van der Waals surface area (Å²) < 4.78 is 3.82. The van der Waals surface area contributed by atoms with Crippen LogP contribution in [0.5, 0.6) is 0 Å². The third-order valence-corrected chi connectivity index (χ3v) is 2.55. The van der Waals surface area contributed by atoms with Crippen LogP contribution < -0.4 is 11.1 Å². The van der Waals surface area contributed by atoms with Crippen LogP contribution in [0.25, 0.3) is 0 Å². The van der Waals surface area contributed by atoms with Crippen LogP contribution in [-0.2, 0) is 6.42 Å². The first kappa shape index (κ1) is 8.80. The van der Waals surface area contributed by atoms with Gasteiger partial charge < -0.3 is 11.1 Å². The van der Waals surface area contributed by atoms with Crippen molar-refractivity contribution in [2.75, 3.05) is 13.1 Å². The summed E-state index contributed by atoms with van der Waals surface area (Å²) in [4.78, 5) is 0. The number of nitrogens with two attached hydrogens (primary N) is 1. The lowest BCUT2D eigenvalue weighted by Gasteiger charge is -2.18. The molecule has 1 aromatic heterocycles. The molecule has 3 N–H and O–H groups in total. The van der Waals surface area contributed by atoms with Crippen LogP contribution in [0.3, 0.4) is 0 Å². The van der Waals surface area contributed by atoms with Gasteiger partial charge in [-0.15, -0.1) is 5.10 Å². The molecule has 2 rings (SSSR count). The molecule has 0 aromatic carbocycles. The molecule has 0 radical (unpaired) electrons. The lowest BCUT2D eigenvalue weighted by atomic mass is 10.0. The smallest absolute Gasteiger partial charge is 0.0796 e. The van der Waals surface area contributed by atoms with Crippen molar-refractivity contribution in [2.45, 2.75) is 12.5 Å². The molecule has 1 aliphatic rings. The molecule has 0 bridgehead atoms. The van der Waals surface area contributed by atoms with E-state index >= 15 is 0 Å². The maximum absolute atomic E-state index is 5.78. The fourth-order valence-electron chi connectivity index (χ4n) is 1.44. The van der Waals surface area contributed by atoms with Gasteiger partial charge in [-0.25, -0.2) is 0 Å². The van der Waals surface area contributed by atoms with Crippen LogP contribution >= 0.6 is 11.5 Å². The number of nitrogens with one attached hydrogen (secondary N) is 1. The van der Waals surface area contributed by atoms with E-state index in [0.717, 1.165) is 25.2 Å². The van der Waals surface area contributed by atoms with Crippen molar-refractivity contribution in [3.63, 3.8) is 0 Å². The van der Waals surface area contributed by atoms with E-state index in [1.807, 2.05) is 5.38 Å². The molecule has 0 amide bonds. The van der Waals surface area contributed by atoms with Crippen LogP contribution in [0.2, 0.25) is 0 Å². The normalized spacial score (nSPS) is 22.8. The maximum atomic E-state index is 5.78. The molecule has 1 aromatic rings. The van der Waals surface area contributed by atoms with E-state index in [1.54, 1.807) is 0 Å². The molecule has 0 saturated carbocycles. The summed E-state index contributed by atoms with van der Waals surface area (Å²) in [6.07, 6.45) is 2.99. The van der Waals surface area contributed by atoms with Crippen molar-refractivity contribution < 1.29 is 0 Å². The number of aromatic nitrogens is 2. The predicted molar refractivity (Wildman–Crippen MR) is 52.5 cm³/mol. The average molecular weight is 196 g/mol. The van der Waals surface area contributed by atoms with Gasteiger partial charge in [0.25, 0.3) is 0 Å². The topological polar surface area (TPSA) is 63.8 Å². The fraction of sp³-hybridized carbons (Fsp3) is 0.500. The van der Waals surface area contributed by atoms with Crippen LogP contribution in [0.15, 0.2) is 17.0 Å². The SMILES string of the molecule is NC1C=C(Cc2csnn2)CNC1. The first-order chi connectivity index (χ1) is 6.34. The lowest BCUT2D eigenvalue weighted by molar-refractivity contribution is 0.625. The molecule has 5 heteroatoms. The molecule has 4 nitrogen and oxygen atoms in total. The second-order valence-corrected chi connectivity index (χ2v) is 3.80. The zero-order valence-electron chi connectivity index (χ0n) is 7.23. The summed E-state index contributed by atoms with van der Waals surface area (Å²) in [6, 6.07) is 0.148. The van der Waals surface area contributed by atoms with Crippen molar-refractivity contribution >= 4 is 11.5 Å². The Labute approximate surface area is 81.0 Å². The van der Waals surface area contributed by atoms with E-state index < -0.39 is 0 Å². The third-order valence-electron chi connectivity index (χ3n) is 2.00. The number of hydrogen-bond donors (Lipinski definition) is 2. The maximum Gasteiger partial charge on any atom is 0.0796 e. The summed E-state index contributed by atoms with van der Waals surface area (Å²) in [5, 5.41) is 9.23. The second-order valence-electron chi connectivity index (χ2n) is 3.19. The third kappa shape index (κ3) is 2.33. The van der Waals surface area contributed by atoms with E-state index in [9.17, 15) is 0 Å². The van der Waals surface area contributed by atoms with Crippen molar-refractivity contribution in [3.05, 3.63) is 22.7 Å². The van der Waals surface area contributed by atoms with Gasteiger partial charge in [0.15, 0.2) is 0 Å². The average Bonchev–Trinajstić information content (AvgIpc) is 2.57. The number of rotatable bonds is 2. The van der Waals surface area contributed by atoms with Gasteiger partial charge in [-0.05, 0) is 11.5 Å². The summed E-state index contributed by atoms with van der Waals surface area (Å²) >= 11 is 1.39. The zero-order valence-corrected chi connectivity index (χ0v) is 8.05. The first-order valence-electron chi connectivity index (χ1n) is 4.26. The zero-order chi connectivity index (χ0) is 9.10. The molecule has 0 fully saturated rings. The van der Waals surface area contributed by atoms with Gasteiger partial charge in [0.2, 0.25) is 0 Å². The number of nitrogens with zero attached hydrogens (tertiary/aromatic N) is 2. The summed E-state index contributed by atoms with van der Waals surface area (Å²) in [7, 11) is 0. The van der Waals surface area contributed by atoms with Crippen LogP contribution in [0.4, 0.5) is 0 Å². The summed E-state index contributed by atoms with van der Waals surface area (Å²) in [5.41, 5.74) is 8.13. The Hall–Kier alpha value is -0.780. The first-order valence-corrected chi connectivity index (χ1v) is 5.10. The molecular weight excluding hydrogens is 184 g/mol. The van der Waals surface area contributed by atoms with Crippen molar-refractivity contribution in [2.24, 2.45) is 5.73 Å². The molecule has 0 aliphatic carbocycles. The van der Waals surface area contributed by atoms with Gasteiger partial charge in [-0.1, -0.05) is 16.1 Å². The van der Waals surface area contributed by atoms with Crippen molar-refractivity contribution in [1.82, 2.24) is 14.9 Å². The van der Waals surface area contributed by atoms with Crippen LogP contribution in [-0.4, -0.2) is 28.7 Å². The highest BCUT2D eigenvalue weighted by Gasteiger charge is 2.10. The molecule has 0 spiro atoms. The van der Waals surface area contributed by atoms with E-state index in [-0.39, 0.29) is 6.04 Å². The highest BCUT2D eigenvalue weighted by atomic mass is 32.1. The Morgan fingerprint density at radius 2 is 2.62 bits per heavy atom.